The minimum Gasteiger partial charge on any atom is -0.477 e. The molecule has 0 fully saturated rings. The van der Waals surface area contributed by atoms with Crippen LogP contribution < -0.4 is 0 Å². The minimum absolute atomic E-state index is 0.0543. The van der Waals surface area contributed by atoms with Gasteiger partial charge in [-0.2, -0.15) is 0 Å². The molecule has 0 aliphatic rings. The molecule has 0 aliphatic carbocycles. The molecule has 1 N–H and O–H groups in total. The van der Waals surface area contributed by atoms with E-state index in [1.807, 2.05) is 21.1 Å². The van der Waals surface area contributed by atoms with Gasteiger partial charge in [-0.15, -0.1) is 0 Å². The Morgan fingerprint density at radius 2 is 0.982 bits per heavy atom. The van der Waals surface area contributed by atoms with E-state index in [1.54, 1.807) is 0 Å². The van der Waals surface area contributed by atoms with Crippen LogP contribution in [0.2, 0.25) is 0 Å². The first-order chi connectivity index (χ1) is 27.6. The molecule has 2 atom stereocenters. The van der Waals surface area contributed by atoms with Crippen molar-refractivity contribution >= 4 is 17.9 Å². The van der Waals surface area contributed by atoms with Crippen molar-refractivity contribution in [3.63, 3.8) is 0 Å². The lowest BCUT2D eigenvalue weighted by Gasteiger charge is -2.31. The summed E-state index contributed by atoms with van der Waals surface area (Å²) in [6.07, 6.45) is 48.4. The highest BCUT2D eigenvalue weighted by Crippen LogP contribution is 2.14. The molecule has 0 spiro atoms. The van der Waals surface area contributed by atoms with Crippen molar-refractivity contribution in [2.75, 3.05) is 41.0 Å². The second kappa shape index (κ2) is 39.8. The topological polar surface area (TPSA) is 99.1 Å². The summed E-state index contributed by atoms with van der Waals surface area (Å²) in [4.78, 5) is 36.9. The number of esters is 2. The molecule has 0 saturated carbocycles. The van der Waals surface area contributed by atoms with Crippen LogP contribution in [0.1, 0.15) is 181 Å². The Morgan fingerprint density at radius 1 is 0.544 bits per heavy atom. The third kappa shape index (κ3) is 38.3. The van der Waals surface area contributed by atoms with Crippen molar-refractivity contribution in [1.82, 2.24) is 0 Å². The standard InChI is InChI=1S/C49H85NO7/c1-6-8-10-12-14-16-18-19-20-21-22-23-24-25-26-27-28-29-30-32-34-36-38-40-48(52)57-45(43-55-42-41-46(49(53)54)50(3,4)5)44-56-47(51)39-37-35-33-31-17-15-13-11-9-7-2/h8,10,13-16,19-20,22-23,45-46H,6-7,9,11-12,17-18,21,24-44H2,1-5H3/p+1/b10-8+,15-13+,16-14+,20-19+,23-22+. The van der Waals surface area contributed by atoms with Crippen LogP contribution in [0.5, 0.6) is 0 Å². The number of carboxylic acids is 1. The summed E-state index contributed by atoms with van der Waals surface area (Å²) in [6, 6.07) is -0.618. The van der Waals surface area contributed by atoms with Crippen LogP contribution in [0.3, 0.4) is 0 Å². The third-order valence-corrected chi connectivity index (χ3v) is 9.90. The van der Waals surface area contributed by atoms with Crippen LogP contribution in [0.4, 0.5) is 0 Å². The molecule has 0 rings (SSSR count). The lowest BCUT2D eigenvalue weighted by molar-refractivity contribution is -0.887. The molecular weight excluding hydrogens is 715 g/mol. The first kappa shape index (κ1) is 54.0. The molecule has 0 aromatic carbocycles. The second-order valence-electron chi connectivity index (χ2n) is 16.3. The molecule has 0 aromatic rings. The maximum atomic E-state index is 12.7. The van der Waals surface area contributed by atoms with Gasteiger partial charge in [0, 0.05) is 19.3 Å². The highest BCUT2D eigenvalue weighted by Gasteiger charge is 2.31. The number of likely N-dealkylation sites (N-methyl/N-ethyl adjacent to an activating group) is 1. The number of unbranched alkanes of at least 4 members (excludes halogenated alkanes) is 16. The fourth-order valence-electron chi connectivity index (χ4n) is 6.36. The normalized spacial score (nSPS) is 13.5. The number of ether oxygens (including phenoxy) is 3. The van der Waals surface area contributed by atoms with Gasteiger partial charge in [0.05, 0.1) is 34.4 Å². The maximum absolute atomic E-state index is 12.7. The van der Waals surface area contributed by atoms with Gasteiger partial charge >= 0.3 is 17.9 Å². The van der Waals surface area contributed by atoms with E-state index in [-0.39, 0.29) is 36.2 Å². The molecule has 0 aliphatic heterocycles. The molecule has 57 heavy (non-hydrogen) atoms. The van der Waals surface area contributed by atoms with Crippen LogP contribution in [0, 0.1) is 0 Å². The lowest BCUT2D eigenvalue weighted by Crippen LogP contribution is -2.50. The SMILES string of the molecule is CC/C=C/C/C=C/C/C=C/C/C=C/CCCCCCCCCCCCC(=O)OC(COCCC(C(=O)O)[N+](C)(C)C)COC(=O)CCCCCC/C=C/CCCC. The number of allylic oxidation sites excluding steroid dienone is 10. The Balaban J connectivity index is 4.24. The van der Waals surface area contributed by atoms with E-state index in [9.17, 15) is 19.5 Å². The highest BCUT2D eigenvalue weighted by atomic mass is 16.6. The largest absolute Gasteiger partial charge is 0.477 e. The zero-order valence-corrected chi connectivity index (χ0v) is 37.3. The minimum atomic E-state index is -0.879. The lowest BCUT2D eigenvalue weighted by atomic mass is 10.0. The Labute approximate surface area is 349 Å². The zero-order valence-electron chi connectivity index (χ0n) is 37.3. The fraction of sp³-hybridized carbons (Fsp3) is 0.735. The molecule has 0 aromatic heterocycles. The van der Waals surface area contributed by atoms with Gasteiger partial charge in [0.15, 0.2) is 12.1 Å². The number of carboxylic acid groups (broad SMARTS) is 1. The molecule has 2 unspecified atom stereocenters. The van der Waals surface area contributed by atoms with Gasteiger partial charge in [0.1, 0.15) is 6.61 Å². The number of hydrogen-bond acceptors (Lipinski definition) is 6. The van der Waals surface area contributed by atoms with Crippen molar-refractivity contribution in [1.29, 1.82) is 0 Å². The van der Waals surface area contributed by atoms with Gasteiger partial charge < -0.3 is 23.8 Å². The monoisotopic (exact) mass is 801 g/mol. The van der Waals surface area contributed by atoms with E-state index in [1.165, 1.54) is 64.2 Å². The quantitative estimate of drug-likeness (QED) is 0.0285. The van der Waals surface area contributed by atoms with Crippen LogP contribution >= 0.6 is 0 Å². The van der Waals surface area contributed by atoms with E-state index in [0.29, 0.717) is 19.3 Å². The van der Waals surface area contributed by atoms with Crippen molar-refractivity contribution in [2.24, 2.45) is 0 Å². The van der Waals surface area contributed by atoms with E-state index in [0.717, 1.165) is 83.5 Å². The summed E-state index contributed by atoms with van der Waals surface area (Å²) in [5.74, 6) is -1.49. The fourth-order valence-corrected chi connectivity index (χ4v) is 6.36. The first-order valence-corrected chi connectivity index (χ1v) is 22.8. The van der Waals surface area contributed by atoms with Crippen LogP contribution in [0.15, 0.2) is 60.8 Å². The van der Waals surface area contributed by atoms with Crippen molar-refractivity contribution in [2.45, 2.75) is 193 Å². The van der Waals surface area contributed by atoms with Gasteiger partial charge in [-0.3, -0.25) is 9.59 Å². The van der Waals surface area contributed by atoms with Crippen molar-refractivity contribution < 1.29 is 38.2 Å². The van der Waals surface area contributed by atoms with Crippen LogP contribution in [-0.2, 0) is 28.6 Å². The average molecular weight is 801 g/mol. The molecular formula is C49H86NO7+. The number of quaternary nitrogens is 1. The van der Waals surface area contributed by atoms with Gasteiger partial charge in [0.2, 0.25) is 0 Å². The summed E-state index contributed by atoms with van der Waals surface area (Å²) < 4.78 is 17.2. The Kier molecular flexibility index (Phi) is 37.8. The molecule has 0 saturated heterocycles. The van der Waals surface area contributed by atoms with E-state index < -0.39 is 18.1 Å². The first-order valence-electron chi connectivity index (χ1n) is 22.8. The van der Waals surface area contributed by atoms with Crippen molar-refractivity contribution in [3.8, 4) is 0 Å². The maximum Gasteiger partial charge on any atom is 0.362 e. The van der Waals surface area contributed by atoms with E-state index in [2.05, 4.69) is 74.6 Å². The summed E-state index contributed by atoms with van der Waals surface area (Å²) >= 11 is 0. The van der Waals surface area contributed by atoms with Gasteiger partial charge in [-0.05, 0) is 70.6 Å². The molecule has 0 radical (unpaired) electrons. The van der Waals surface area contributed by atoms with Crippen molar-refractivity contribution in [3.05, 3.63) is 60.8 Å². The van der Waals surface area contributed by atoms with Gasteiger partial charge in [-0.25, -0.2) is 4.79 Å². The molecule has 328 valence electrons. The molecule has 8 nitrogen and oxygen atoms in total. The van der Waals surface area contributed by atoms with Gasteiger partial charge in [-0.1, -0.05) is 152 Å². The average Bonchev–Trinajstić information content (AvgIpc) is 3.17. The van der Waals surface area contributed by atoms with Crippen LogP contribution in [0.25, 0.3) is 0 Å². The Bertz CT molecular complexity index is 1120. The Morgan fingerprint density at radius 3 is 1.47 bits per heavy atom. The number of rotatable bonds is 40. The predicted octanol–water partition coefficient (Wildman–Crippen LogP) is 12.6. The predicted molar refractivity (Wildman–Crippen MR) is 238 cm³/mol. The second-order valence-corrected chi connectivity index (χ2v) is 16.3. The van der Waals surface area contributed by atoms with E-state index in [4.69, 9.17) is 14.2 Å². The summed E-state index contributed by atoms with van der Waals surface area (Å²) in [5.41, 5.74) is 0. The van der Waals surface area contributed by atoms with E-state index >= 15 is 0 Å². The zero-order chi connectivity index (χ0) is 42.1. The number of aliphatic carboxylic acids is 1. The smallest absolute Gasteiger partial charge is 0.362 e. The molecule has 0 bridgehead atoms. The summed E-state index contributed by atoms with van der Waals surface area (Å²) in [6.45, 7) is 4.56. The number of nitrogens with zero attached hydrogens (tertiary/aromatic N) is 1. The summed E-state index contributed by atoms with van der Waals surface area (Å²) in [5, 5.41) is 9.61. The summed E-state index contributed by atoms with van der Waals surface area (Å²) in [7, 11) is 5.52. The highest BCUT2D eigenvalue weighted by molar-refractivity contribution is 5.72. The number of hydrogen-bond donors (Lipinski definition) is 1. The number of carbonyl (C=O) groups excluding carboxylic acids is 2. The van der Waals surface area contributed by atoms with Gasteiger partial charge in [0.25, 0.3) is 0 Å². The third-order valence-electron chi connectivity index (χ3n) is 9.90. The number of carbonyl (C=O) groups is 3. The molecule has 8 heteroatoms. The Hall–Kier alpha value is -2.97. The molecule has 0 heterocycles. The van der Waals surface area contributed by atoms with Crippen LogP contribution in [-0.4, -0.2) is 80.6 Å². The molecule has 0 amide bonds.